The number of benzene rings is 2. The summed E-state index contributed by atoms with van der Waals surface area (Å²) in [5.74, 6) is 0.181. The van der Waals surface area contributed by atoms with Crippen LogP contribution in [0.5, 0.6) is 0 Å². The Hall–Kier alpha value is -2.62. The van der Waals surface area contributed by atoms with Crippen molar-refractivity contribution in [1.29, 1.82) is 0 Å². The fraction of sp³-hybridized carbons (Fsp3) is 0.333. The Kier molecular flexibility index (Phi) is 3.83. The van der Waals surface area contributed by atoms with E-state index in [-0.39, 0.29) is 17.7 Å². The van der Waals surface area contributed by atoms with Gasteiger partial charge in [0.2, 0.25) is 5.91 Å². The van der Waals surface area contributed by atoms with Gasteiger partial charge in [0, 0.05) is 6.54 Å². The van der Waals surface area contributed by atoms with E-state index < -0.39 is 11.6 Å². The molecule has 0 aromatic heterocycles. The normalized spacial score (nSPS) is 26.4. The molecule has 1 heterocycles. The Morgan fingerprint density at radius 3 is 2.20 bits per heavy atom. The smallest absolute Gasteiger partial charge is 0.251 e. The minimum Gasteiger partial charge on any atom is -0.338 e. The summed E-state index contributed by atoms with van der Waals surface area (Å²) >= 11 is 0. The zero-order chi connectivity index (χ0) is 17.4. The molecule has 4 heteroatoms. The number of piperazine rings is 1. The van der Waals surface area contributed by atoms with Crippen LogP contribution in [0.2, 0.25) is 0 Å². The molecule has 0 bridgehead atoms. The molecule has 1 N–H and O–H groups in total. The molecule has 2 aliphatic rings. The van der Waals surface area contributed by atoms with Crippen LogP contribution < -0.4 is 5.32 Å². The molecule has 1 saturated carbocycles. The van der Waals surface area contributed by atoms with Gasteiger partial charge in [0.05, 0.1) is 0 Å². The predicted molar refractivity (Wildman–Crippen MR) is 95.4 cm³/mol. The van der Waals surface area contributed by atoms with Crippen LogP contribution >= 0.6 is 0 Å². The molecule has 4 nitrogen and oxygen atoms in total. The van der Waals surface area contributed by atoms with Gasteiger partial charge in [0.15, 0.2) is 0 Å². The van der Waals surface area contributed by atoms with Crippen LogP contribution in [0.3, 0.4) is 0 Å². The highest BCUT2D eigenvalue weighted by atomic mass is 16.2. The number of nitrogens with zero attached hydrogens (tertiary/aromatic N) is 1. The molecule has 2 aromatic rings. The van der Waals surface area contributed by atoms with E-state index in [1.807, 2.05) is 67.6 Å². The van der Waals surface area contributed by atoms with Gasteiger partial charge in [-0.15, -0.1) is 0 Å². The largest absolute Gasteiger partial charge is 0.338 e. The summed E-state index contributed by atoms with van der Waals surface area (Å²) in [6.45, 7) is 2.38. The molecule has 2 amide bonds. The quantitative estimate of drug-likeness (QED) is 0.934. The van der Waals surface area contributed by atoms with E-state index >= 15 is 0 Å². The highest BCUT2D eigenvalue weighted by molar-refractivity contribution is 6.00. The minimum atomic E-state index is -0.766. The van der Waals surface area contributed by atoms with E-state index in [0.29, 0.717) is 6.54 Å². The second-order valence-corrected chi connectivity index (χ2v) is 7.15. The average Bonchev–Trinajstić information content (AvgIpc) is 3.49. The van der Waals surface area contributed by atoms with Crippen LogP contribution in [0.25, 0.3) is 0 Å². The van der Waals surface area contributed by atoms with Crippen molar-refractivity contribution in [2.75, 3.05) is 0 Å². The van der Waals surface area contributed by atoms with Gasteiger partial charge in [0.25, 0.3) is 5.91 Å². The molecule has 1 aliphatic heterocycles. The first-order valence-corrected chi connectivity index (χ1v) is 8.82. The Morgan fingerprint density at radius 1 is 1.00 bits per heavy atom. The van der Waals surface area contributed by atoms with Crippen molar-refractivity contribution in [3.63, 3.8) is 0 Å². The monoisotopic (exact) mass is 334 g/mol. The summed E-state index contributed by atoms with van der Waals surface area (Å²) in [7, 11) is 0. The Morgan fingerprint density at radius 2 is 1.60 bits per heavy atom. The third-order valence-corrected chi connectivity index (χ3v) is 5.50. The van der Waals surface area contributed by atoms with Gasteiger partial charge in [-0.1, -0.05) is 60.7 Å². The first-order valence-electron chi connectivity index (χ1n) is 8.82. The second kappa shape index (κ2) is 6.03. The van der Waals surface area contributed by atoms with Crippen LogP contribution in [0.4, 0.5) is 0 Å². The standard InChI is InChI=1S/C21H22N2O2/c1-21(17-12-13-17)20(25)22-18(16-10-6-3-7-11-16)19(24)23(21)14-15-8-4-2-5-9-15/h2-11,17-18H,12-14H2,1H3,(H,22,25). The third kappa shape index (κ3) is 2.72. The molecule has 4 rings (SSSR count). The van der Waals surface area contributed by atoms with Gasteiger partial charge in [-0.2, -0.15) is 0 Å². The SMILES string of the molecule is CC1(C2CC2)C(=O)NC(c2ccccc2)C(=O)N1Cc1ccccc1. The number of rotatable bonds is 4. The molecule has 1 saturated heterocycles. The number of hydrogen-bond donors (Lipinski definition) is 1. The zero-order valence-electron chi connectivity index (χ0n) is 14.3. The van der Waals surface area contributed by atoms with Crippen LogP contribution in [0.15, 0.2) is 60.7 Å². The minimum absolute atomic E-state index is 0.0240. The van der Waals surface area contributed by atoms with Crippen molar-refractivity contribution in [3.05, 3.63) is 71.8 Å². The van der Waals surface area contributed by atoms with Crippen molar-refractivity contribution < 1.29 is 9.59 Å². The lowest BCUT2D eigenvalue weighted by Crippen LogP contribution is -2.67. The number of amides is 2. The first kappa shape index (κ1) is 15.9. The van der Waals surface area contributed by atoms with Crippen LogP contribution in [0.1, 0.15) is 36.9 Å². The highest BCUT2D eigenvalue weighted by Gasteiger charge is 2.57. The molecule has 25 heavy (non-hydrogen) atoms. The van der Waals surface area contributed by atoms with E-state index in [0.717, 1.165) is 24.0 Å². The Bertz CT molecular complexity index is 786. The summed E-state index contributed by atoms with van der Waals surface area (Å²) in [6, 6.07) is 18.8. The molecular weight excluding hydrogens is 312 g/mol. The Balaban J connectivity index is 1.71. The molecule has 2 aromatic carbocycles. The summed E-state index contributed by atoms with van der Waals surface area (Å²) in [4.78, 5) is 28.2. The molecule has 0 spiro atoms. The lowest BCUT2D eigenvalue weighted by molar-refractivity contribution is -0.159. The topological polar surface area (TPSA) is 49.4 Å². The maximum atomic E-state index is 13.3. The first-order chi connectivity index (χ1) is 12.1. The predicted octanol–water partition coefficient (Wildman–Crippen LogP) is 3.06. The molecular formula is C21H22N2O2. The van der Waals surface area contributed by atoms with E-state index in [1.54, 1.807) is 4.90 Å². The van der Waals surface area contributed by atoms with Crippen molar-refractivity contribution in [3.8, 4) is 0 Å². The van der Waals surface area contributed by atoms with E-state index in [9.17, 15) is 9.59 Å². The summed E-state index contributed by atoms with van der Waals surface area (Å²) in [5, 5.41) is 2.98. The van der Waals surface area contributed by atoms with Crippen molar-refractivity contribution in [2.45, 2.75) is 37.9 Å². The van der Waals surface area contributed by atoms with Crippen LogP contribution in [-0.2, 0) is 16.1 Å². The van der Waals surface area contributed by atoms with Gasteiger partial charge in [-0.05, 0) is 36.8 Å². The number of nitrogens with one attached hydrogen (secondary N) is 1. The summed E-state index contributed by atoms with van der Waals surface area (Å²) in [6.07, 6.45) is 2.00. The second-order valence-electron chi connectivity index (χ2n) is 7.15. The maximum absolute atomic E-state index is 13.3. The highest BCUT2D eigenvalue weighted by Crippen LogP contribution is 2.46. The van der Waals surface area contributed by atoms with E-state index in [1.165, 1.54) is 0 Å². The summed E-state index contributed by atoms with van der Waals surface area (Å²) in [5.41, 5.74) is 1.11. The van der Waals surface area contributed by atoms with Crippen LogP contribution in [0, 0.1) is 5.92 Å². The summed E-state index contributed by atoms with van der Waals surface area (Å²) < 4.78 is 0. The molecule has 2 atom stereocenters. The third-order valence-electron chi connectivity index (χ3n) is 5.50. The van der Waals surface area contributed by atoms with Gasteiger partial charge in [0.1, 0.15) is 11.6 Å². The van der Waals surface area contributed by atoms with Crippen molar-refractivity contribution in [1.82, 2.24) is 10.2 Å². The fourth-order valence-electron chi connectivity index (χ4n) is 3.78. The Labute approximate surface area is 147 Å². The molecule has 2 fully saturated rings. The van der Waals surface area contributed by atoms with Gasteiger partial charge in [-0.25, -0.2) is 0 Å². The number of carbonyl (C=O) groups is 2. The van der Waals surface area contributed by atoms with E-state index in [4.69, 9.17) is 0 Å². The molecule has 2 unspecified atom stereocenters. The van der Waals surface area contributed by atoms with Gasteiger partial charge in [-0.3, -0.25) is 9.59 Å². The van der Waals surface area contributed by atoms with Gasteiger partial charge >= 0.3 is 0 Å². The lowest BCUT2D eigenvalue weighted by Gasteiger charge is -2.47. The zero-order valence-corrected chi connectivity index (χ0v) is 14.3. The number of carbonyl (C=O) groups excluding carboxylic acids is 2. The maximum Gasteiger partial charge on any atom is 0.251 e. The fourth-order valence-corrected chi connectivity index (χ4v) is 3.78. The van der Waals surface area contributed by atoms with Crippen molar-refractivity contribution in [2.24, 2.45) is 5.92 Å². The molecule has 1 aliphatic carbocycles. The van der Waals surface area contributed by atoms with E-state index in [2.05, 4.69) is 5.32 Å². The molecule has 0 radical (unpaired) electrons. The van der Waals surface area contributed by atoms with Crippen molar-refractivity contribution >= 4 is 11.8 Å². The average molecular weight is 334 g/mol. The molecule has 128 valence electrons. The van der Waals surface area contributed by atoms with Gasteiger partial charge < -0.3 is 10.2 Å². The van der Waals surface area contributed by atoms with Crippen LogP contribution in [-0.4, -0.2) is 22.3 Å². The lowest BCUT2D eigenvalue weighted by atomic mass is 9.86. The number of hydrogen-bond acceptors (Lipinski definition) is 2.